The lowest BCUT2D eigenvalue weighted by atomic mass is 10.1. The molecule has 0 fully saturated rings. The van der Waals surface area contributed by atoms with E-state index in [-0.39, 0.29) is 11.0 Å². The number of halogens is 1. The highest BCUT2D eigenvalue weighted by atomic mass is 79.9. The Morgan fingerprint density at radius 3 is 2.72 bits per heavy atom. The number of aromatic nitrogens is 1. The van der Waals surface area contributed by atoms with Crippen molar-refractivity contribution in [2.45, 2.75) is 13.8 Å². The van der Waals surface area contributed by atoms with E-state index in [4.69, 9.17) is 21.4 Å². The Morgan fingerprint density at radius 2 is 1.94 bits per heavy atom. The van der Waals surface area contributed by atoms with Gasteiger partial charge in [-0.05, 0) is 79.7 Å². The average Bonchev–Trinajstić information content (AvgIpc) is 3.16. The Kier molecular flexibility index (Phi) is 6.25. The highest BCUT2D eigenvalue weighted by molar-refractivity contribution is 9.10. The van der Waals surface area contributed by atoms with Crippen LogP contribution in [0.1, 0.15) is 21.5 Å². The molecule has 0 atom stereocenters. The molecule has 0 bridgehead atoms. The van der Waals surface area contributed by atoms with Crippen molar-refractivity contribution in [3.8, 4) is 17.2 Å². The fourth-order valence-corrected chi connectivity index (χ4v) is 4.18. The van der Waals surface area contributed by atoms with Gasteiger partial charge >= 0.3 is 0 Å². The van der Waals surface area contributed by atoms with Crippen LogP contribution in [0, 0.1) is 13.8 Å². The van der Waals surface area contributed by atoms with Gasteiger partial charge in [-0.3, -0.25) is 10.1 Å². The first-order valence-corrected chi connectivity index (χ1v) is 11.0. The molecule has 0 saturated carbocycles. The summed E-state index contributed by atoms with van der Waals surface area (Å²) in [5, 5.41) is 5.91. The molecular formula is C24H20BrN3O3S. The number of carbonyl (C=O) groups excluding carboxylic acids is 1. The summed E-state index contributed by atoms with van der Waals surface area (Å²) in [6, 6.07) is 16.9. The van der Waals surface area contributed by atoms with Crippen LogP contribution in [0.4, 0.5) is 5.69 Å². The molecule has 0 aliphatic carbocycles. The second-order valence-corrected chi connectivity index (χ2v) is 8.61. The minimum absolute atomic E-state index is 0.167. The predicted octanol–water partition coefficient (Wildman–Crippen LogP) is 6.01. The van der Waals surface area contributed by atoms with Crippen LogP contribution in [0.25, 0.3) is 22.6 Å². The topological polar surface area (TPSA) is 76.4 Å². The number of fused-ring (bicyclic) bond motifs is 1. The van der Waals surface area contributed by atoms with Gasteiger partial charge in [0.15, 0.2) is 10.7 Å². The zero-order chi connectivity index (χ0) is 22.8. The lowest BCUT2D eigenvalue weighted by Gasteiger charge is -2.14. The molecule has 4 aromatic rings. The van der Waals surface area contributed by atoms with Gasteiger partial charge in [0.05, 0.1) is 12.7 Å². The number of benzene rings is 3. The second-order valence-electron chi connectivity index (χ2n) is 7.28. The van der Waals surface area contributed by atoms with Crippen LogP contribution in [0.3, 0.4) is 0 Å². The predicted molar refractivity (Wildman–Crippen MR) is 133 cm³/mol. The number of anilines is 1. The molecule has 0 saturated heterocycles. The molecule has 8 heteroatoms. The number of aryl methyl sites for hydroxylation is 2. The van der Waals surface area contributed by atoms with Crippen molar-refractivity contribution in [1.82, 2.24) is 10.3 Å². The third kappa shape index (κ3) is 4.66. The first kappa shape index (κ1) is 22.0. The fourth-order valence-electron chi connectivity index (χ4n) is 3.39. The van der Waals surface area contributed by atoms with Crippen LogP contribution in [0.15, 0.2) is 63.5 Å². The maximum atomic E-state index is 12.8. The average molecular weight is 510 g/mol. The highest BCUT2D eigenvalue weighted by Gasteiger charge is 2.17. The van der Waals surface area contributed by atoms with Gasteiger partial charge in [0.25, 0.3) is 5.91 Å². The van der Waals surface area contributed by atoms with Gasteiger partial charge < -0.3 is 14.5 Å². The number of methoxy groups -OCH3 is 1. The monoisotopic (exact) mass is 509 g/mol. The third-order valence-electron chi connectivity index (χ3n) is 4.83. The molecule has 0 spiro atoms. The number of nitrogens with zero attached hydrogens (tertiary/aromatic N) is 1. The summed E-state index contributed by atoms with van der Waals surface area (Å²) in [5.74, 6) is 0.648. The van der Waals surface area contributed by atoms with E-state index in [2.05, 4.69) is 31.5 Å². The van der Waals surface area contributed by atoms with E-state index in [0.717, 1.165) is 32.3 Å². The summed E-state index contributed by atoms with van der Waals surface area (Å²) in [6.07, 6.45) is 0. The molecule has 32 heavy (non-hydrogen) atoms. The zero-order valence-electron chi connectivity index (χ0n) is 17.7. The van der Waals surface area contributed by atoms with Crippen LogP contribution in [-0.4, -0.2) is 23.1 Å². The molecule has 0 aliphatic heterocycles. The number of ether oxygens (including phenoxy) is 1. The van der Waals surface area contributed by atoms with Crippen molar-refractivity contribution in [2.75, 3.05) is 12.4 Å². The lowest BCUT2D eigenvalue weighted by molar-refractivity contribution is 0.0974. The number of hydrogen-bond acceptors (Lipinski definition) is 5. The normalized spacial score (nSPS) is 10.8. The summed E-state index contributed by atoms with van der Waals surface area (Å²) in [7, 11) is 1.53. The van der Waals surface area contributed by atoms with Gasteiger partial charge in [0, 0.05) is 15.7 Å². The molecule has 1 amide bonds. The Balaban J connectivity index is 1.51. The van der Waals surface area contributed by atoms with Gasteiger partial charge in [0.2, 0.25) is 5.89 Å². The SMILES string of the molecule is COc1c(C)cc(Br)cc1C(=O)NC(=S)Nc1cccc(-c2nc3cc(C)ccc3o2)c1. The molecule has 1 aromatic heterocycles. The van der Waals surface area contributed by atoms with E-state index in [1.54, 1.807) is 6.07 Å². The summed E-state index contributed by atoms with van der Waals surface area (Å²) < 4.78 is 12.0. The van der Waals surface area contributed by atoms with Gasteiger partial charge in [-0.1, -0.05) is 28.1 Å². The van der Waals surface area contributed by atoms with Crippen LogP contribution in [0.5, 0.6) is 5.75 Å². The molecule has 0 aliphatic rings. The number of carbonyl (C=O) groups is 1. The summed E-state index contributed by atoms with van der Waals surface area (Å²) in [4.78, 5) is 17.4. The van der Waals surface area contributed by atoms with E-state index in [0.29, 0.717) is 22.9 Å². The van der Waals surface area contributed by atoms with Crippen LogP contribution in [-0.2, 0) is 0 Å². The number of thiocarbonyl (C=S) groups is 1. The first-order chi connectivity index (χ1) is 15.3. The van der Waals surface area contributed by atoms with Gasteiger partial charge in [0.1, 0.15) is 11.3 Å². The van der Waals surface area contributed by atoms with Crippen molar-refractivity contribution in [3.05, 3.63) is 75.8 Å². The maximum Gasteiger partial charge on any atom is 0.261 e. The number of nitrogens with one attached hydrogen (secondary N) is 2. The number of rotatable bonds is 4. The molecule has 162 valence electrons. The molecule has 4 rings (SSSR count). The molecule has 3 aromatic carbocycles. The smallest absolute Gasteiger partial charge is 0.261 e. The van der Waals surface area contributed by atoms with Crippen molar-refractivity contribution >= 4 is 56.0 Å². The molecule has 2 N–H and O–H groups in total. The van der Waals surface area contributed by atoms with E-state index >= 15 is 0 Å². The minimum atomic E-state index is -0.366. The highest BCUT2D eigenvalue weighted by Crippen LogP contribution is 2.28. The molecular weight excluding hydrogens is 490 g/mol. The molecule has 0 radical (unpaired) electrons. The molecule has 1 heterocycles. The third-order valence-corrected chi connectivity index (χ3v) is 5.49. The van der Waals surface area contributed by atoms with Crippen LogP contribution >= 0.6 is 28.1 Å². The fraction of sp³-hybridized carbons (Fsp3) is 0.125. The summed E-state index contributed by atoms with van der Waals surface area (Å²) in [6.45, 7) is 3.88. The van der Waals surface area contributed by atoms with Crippen molar-refractivity contribution in [1.29, 1.82) is 0 Å². The van der Waals surface area contributed by atoms with Crippen LogP contribution < -0.4 is 15.4 Å². The Labute approximate surface area is 199 Å². The van der Waals surface area contributed by atoms with E-state index in [1.807, 2.05) is 62.4 Å². The number of oxazole rings is 1. The van der Waals surface area contributed by atoms with Gasteiger partial charge in [-0.25, -0.2) is 4.98 Å². The van der Waals surface area contributed by atoms with Crippen molar-refractivity contribution in [2.24, 2.45) is 0 Å². The maximum absolute atomic E-state index is 12.8. The van der Waals surface area contributed by atoms with Crippen molar-refractivity contribution < 1.29 is 13.9 Å². The minimum Gasteiger partial charge on any atom is -0.496 e. The zero-order valence-corrected chi connectivity index (χ0v) is 20.1. The quantitative estimate of drug-likeness (QED) is 0.328. The largest absolute Gasteiger partial charge is 0.496 e. The second kappa shape index (κ2) is 9.10. The lowest BCUT2D eigenvalue weighted by Crippen LogP contribution is -2.34. The van der Waals surface area contributed by atoms with Crippen LogP contribution in [0.2, 0.25) is 0 Å². The van der Waals surface area contributed by atoms with E-state index in [9.17, 15) is 4.79 Å². The molecule has 6 nitrogen and oxygen atoms in total. The molecule has 0 unspecified atom stereocenters. The Morgan fingerprint density at radius 1 is 1.12 bits per heavy atom. The standard InChI is InChI=1S/C24H20BrN3O3S/c1-13-7-8-20-19(9-13)27-23(31-20)15-5-4-6-17(11-15)26-24(32)28-22(29)18-12-16(25)10-14(2)21(18)30-3/h4-12H,1-3H3,(H2,26,28,29,32). The summed E-state index contributed by atoms with van der Waals surface area (Å²) >= 11 is 8.76. The Hall–Kier alpha value is -3.23. The van der Waals surface area contributed by atoms with Crippen molar-refractivity contribution in [3.63, 3.8) is 0 Å². The summed E-state index contributed by atoms with van der Waals surface area (Å²) in [5.41, 5.74) is 5.37. The van der Waals surface area contributed by atoms with E-state index in [1.165, 1.54) is 7.11 Å². The first-order valence-electron chi connectivity index (χ1n) is 9.78. The number of amides is 1. The van der Waals surface area contributed by atoms with E-state index < -0.39 is 0 Å². The van der Waals surface area contributed by atoms with Gasteiger partial charge in [-0.15, -0.1) is 0 Å². The Bertz CT molecular complexity index is 1350. The number of hydrogen-bond donors (Lipinski definition) is 2. The van der Waals surface area contributed by atoms with Gasteiger partial charge in [-0.2, -0.15) is 0 Å².